The summed E-state index contributed by atoms with van der Waals surface area (Å²) in [6.07, 6.45) is 3.19. The Labute approximate surface area is 150 Å². The fraction of sp³-hybridized carbons (Fsp3) is 0.375. The van der Waals surface area contributed by atoms with Crippen LogP contribution in [0.4, 0.5) is 5.82 Å². The van der Waals surface area contributed by atoms with Crippen molar-refractivity contribution in [2.45, 2.75) is 33.2 Å². The van der Waals surface area contributed by atoms with Gasteiger partial charge >= 0.3 is 0 Å². The van der Waals surface area contributed by atoms with Crippen molar-refractivity contribution in [3.05, 3.63) is 45.0 Å². The number of aromatic nitrogens is 2. The van der Waals surface area contributed by atoms with Crippen molar-refractivity contribution in [3.63, 3.8) is 0 Å². The number of benzene rings is 1. The van der Waals surface area contributed by atoms with E-state index in [0.29, 0.717) is 27.4 Å². The molecule has 0 spiro atoms. The molecule has 0 saturated heterocycles. The van der Waals surface area contributed by atoms with E-state index in [1.54, 1.807) is 29.1 Å². The first-order valence-corrected chi connectivity index (χ1v) is 8.56. The van der Waals surface area contributed by atoms with Crippen LogP contribution in [0.25, 0.3) is 0 Å². The van der Waals surface area contributed by atoms with Gasteiger partial charge in [0.25, 0.3) is 0 Å². The van der Waals surface area contributed by atoms with Crippen LogP contribution >= 0.6 is 34.8 Å². The molecule has 0 aliphatic heterocycles. The Morgan fingerprint density at radius 3 is 2.35 bits per heavy atom. The number of amides is 1. The minimum atomic E-state index is -0.0714. The third kappa shape index (κ3) is 4.40. The molecule has 124 valence electrons. The number of nitrogens with one attached hydrogen (secondary N) is 1. The second-order valence-electron chi connectivity index (χ2n) is 5.23. The maximum absolute atomic E-state index is 12.1. The quantitative estimate of drug-likeness (QED) is 0.749. The number of carbonyl (C=O) groups is 1. The van der Waals surface area contributed by atoms with Gasteiger partial charge in [-0.2, -0.15) is 5.10 Å². The smallest absolute Gasteiger partial charge is 0.228 e. The van der Waals surface area contributed by atoms with Crippen molar-refractivity contribution in [1.29, 1.82) is 0 Å². The highest BCUT2D eigenvalue weighted by atomic mass is 35.5. The van der Waals surface area contributed by atoms with Gasteiger partial charge in [0.1, 0.15) is 5.02 Å². The molecule has 1 amide bonds. The van der Waals surface area contributed by atoms with Crippen molar-refractivity contribution in [2.75, 3.05) is 5.32 Å². The first-order chi connectivity index (χ1) is 11.0. The highest BCUT2D eigenvalue weighted by molar-refractivity contribution is 6.36. The van der Waals surface area contributed by atoms with Gasteiger partial charge in [-0.1, -0.05) is 54.7 Å². The third-order valence-electron chi connectivity index (χ3n) is 3.70. The van der Waals surface area contributed by atoms with Crippen LogP contribution in [0, 0.1) is 5.92 Å². The van der Waals surface area contributed by atoms with Gasteiger partial charge < -0.3 is 5.32 Å². The fourth-order valence-corrected chi connectivity index (χ4v) is 3.00. The second-order valence-corrected chi connectivity index (χ2v) is 6.45. The van der Waals surface area contributed by atoms with Crippen LogP contribution in [0.1, 0.15) is 32.3 Å². The molecular formula is C16H18Cl3N3O. The number of nitrogens with zero attached hydrogens (tertiary/aromatic N) is 2. The summed E-state index contributed by atoms with van der Waals surface area (Å²) in [4.78, 5) is 12.1. The lowest BCUT2D eigenvalue weighted by atomic mass is 10.0. The standard InChI is InChI=1S/C16H18Cl3N3O/c1-3-10(4-2)16(23)20-15-14(19)9-22(21-15)8-11-12(17)6-5-7-13(11)18/h5-7,9-10H,3-4,8H2,1-2H3,(H,20,21,23). The molecule has 4 nitrogen and oxygen atoms in total. The number of rotatable bonds is 6. The average Bonchev–Trinajstić information content (AvgIpc) is 2.84. The Kier molecular flexibility index (Phi) is 6.33. The Morgan fingerprint density at radius 1 is 1.17 bits per heavy atom. The average molecular weight is 375 g/mol. The summed E-state index contributed by atoms with van der Waals surface area (Å²) in [5.74, 6) is 0.235. The van der Waals surface area contributed by atoms with E-state index in [0.717, 1.165) is 18.4 Å². The molecule has 0 aliphatic carbocycles. The lowest BCUT2D eigenvalue weighted by Gasteiger charge is -2.11. The molecule has 2 rings (SSSR count). The van der Waals surface area contributed by atoms with Crippen LogP contribution in [0.3, 0.4) is 0 Å². The van der Waals surface area contributed by atoms with E-state index in [1.807, 2.05) is 13.8 Å². The van der Waals surface area contributed by atoms with Crippen LogP contribution in [0.15, 0.2) is 24.4 Å². The summed E-state index contributed by atoms with van der Waals surface area (Å²) in [6, 6.07) is 5.32. The highest BCUT2D eigenvalue weighted by Gasteiger charge is 2.18. The van der Waals surface area contributed by atoms with Gasteiger partial charge in [-0.25, -0.2) is 0 Å². The normalized spacial score (nSPS) is 11.0. The van der Waals surface area contributed by atoms with Gasteiger partial charge in [0.15, 0.2) is 5.82 Å². The second kappa shape index (κ2) is 8.04. The van der Waals surface area contributed by atoms with Crippen molar-refractivity contribution in [1.82, 2.24) is 9.78 Å². The van der Waals surface area contributed by atoms with E-state index in [9.17, 15) is 4.79 Å². The van der Waals surface area contributed by atoms with Crippen LogP contribution in [0.2, 0.25) is 15.1 Å². The maximum Gasteiger partial charge on any atom is 0.228 e. The van der Waals surface area contributed by atoms with Gasteiger partial charge in [0.2, 0.25) is 5.91 Å². The molecule has 0 bridgehead atoms. The summed E-state index contributed by atoms with van der Waals surface area (Å²) < 4.78 is 1.61. The lowest BCUT2D eigenvalue weighted by Crippen LogP contribution is -2.22. The molecule has 23 heavy (non-hydrogen) atoms. The van der Waals surface area contributed by atoms with Gasteiger partial charge in [-0.3, -0.25) is 9.48 Å². The van der Waals surface area contributed by atoms with Gasteiger partial charge in [0, 0.05) is 27.7 Å². The molecule has 1 aromatic carbocycles. The zero-order valence-corrected chi connectivity index (χ0v) is 15.2. The van der Waals surface area contributed by atoms with Crippen molar-refractivity contribution < 1.29 is 4.79 Å². The van der Waals surface area contributed by atoms with Gasteiger partial charge in [0.05, 0.1) is 6.54 Å². The summed E-state index contributed by atoms with van der Waals surface area (Å²) >= 11 is 18.5. The van der Waals surface area contributed by atoms with E-state index < -0.39 is 0 Å². The van der Waals surface area contributed by atoms with Crippen molar-refractivity contribution >= 4 is 46.5 Å². The number of anilines is 1. The van der Waals surface area contributed by atoms with Crippen LogP contribution in [-0.2, 0) is 11.3 Å². The molecule has 1 aromatic heterocycles. The predicted octanol–water partition coefficient (Wildman–Crippen LogP) is 5.27. The molecule has 0 fully saturated rings. The van der Waals surface area contributed by atoms with Crippen LogP contribution in [0.5, 0.6) is 0 Å². The monoisotopic (exact) mass is 373 g/mol. The molecule has 0 atom stereocenters. The highest BCUT2D eigenvalue weighted by Crippen LogP contribution is 2.27. The minimum Gasteiger partial charge on any atom is -0.308 e. The van der Waals surface area contributed by atoms with Gasteiger partial charge in [-0.15, -0.1) is 0 Å². The zero-order valence-electron chi connectivity index (χ0n) is 12.9. The SMILES string of the molecule is CCC(CC)C(=O)Nc1nn(Cc2c(Cl)cccc2Cl)cc1Cl. The Morgan fingerprint density at radius 2 is 1.78 bits per heavy atom. The molecule has 0 unspecified atom stereocenters. The fourth-order valence-electron chi connectivity index (χ4n) is 2.29. The topological polar surface area (TPSA) is 46.9 Å². The van der Waals surface area contributed by atoms with E-state index in [1.165, 1.54) is 0 Å². The molecule has 0 aliphatic rings. The largest absolute Gasteiger partial charge is 0.308 e. The van der Waals surface area contributed by atoms with Crippen molar-refractivity contribution in [2.24, 2.45) is 5.92 Å². The Hall–Kier alpha value is -1.23. The third-order valence-corrected chi connectivity index (χ3v) is 4.68. The van der Waals surface area contributed by atoms with Gasteiger partial charge in [-0.05, 0) is 25.0 Å². The molecule has 0 saturated carbocycles. The molecule has 1 heterocycles. The Bertz CT molecular complexity index is 676. The summed E-state index contributed by atoms with van der Waals surface area (Å²) in [5.41, 5.74) is 0.757. The summed E-state index contributed by atoms with van der Waals surface area (Å²) in [6.45, 7) is 4.33. The number of hydrogen-bond donors (Lipinski definition) is 1. The molecular weight excluding hydrogens is 357 g/mol. The lowest BCUT2D eigenvalue weighted by molar-refractivity contribution is -0.120. The van der Waals surface area contributed by atoms with Crippen LogP contribution < -0.4 is 5.32 Å². The molecule has 7 heteroatoms. The van der Waals surface area contributed by atoms with E-state index in [2.05, 4.69) is 10.4 Å². The molecule has 1 N–H and O–H groups in total. The first kappa shape index (κ1) is 18.1. The number of carbonyl (C=O) groups excluding carboxylic acids is 1. The summed E-state index contributed by atoms with van der Waals surface area (Å²) in [7, 11) is 0. The first-order valence-electron chi connectivity index (χ1n) is 7.42. The van der Waals surface area contributed by atoms with E-state index >= 15 is 0 Å². The van der Waals surface area contributed by atoms with E-state index in [-0.39, 0.29) is 11.8 Å². The molecule has 0 radical (unpaired) electrons. The number of halogens is 3. The number of hydrogen-bond acceptors (Lipinski definition) is 2. The maximum atomic E-state index is 12.1. The zero-order chi connectivity index (χ0) is 17.0. The molecule has 2 aromatic rings. The predicted molar refractivity (Wildman–Crippen MR) is 95.5 cm³/mol. The van der Waals surface area contributed by atoms with Crippen molar-refractivity contribution in [3.8, 4) is 0 Å². The Balaban J connectivity index is 2.17. The van der Waals surface area contributed by atoms with Crippen LogP contribution in [-0.4, -0.2) is 15.7 Å². The van der Waals surface area contributed by atoms with E-state index in [4.69, 9.17) is 34.8 Å². The minimum absolute atomic E-state index is 0.0470. The summed E-state index contributed by atoms with van der Waals surface area (Å²) in [5, 5.41) is 8.60.